The molecule has 0 aromatic carbocycles. The van der Waals surface area contributed by atoms with Crippen molar-refractivity contribution >= 4 is 10.2 Å². The standard InChI is InChI=1S/C12H29N3O3S/c1-5-8-13-9-7-10-15(3)19(16,17)14-12(6-2)11-18-4/h12-14H,5-11H2,1-4H3. The summed E-state index contributed by atoms with van der Waals surface area (Å²) < 4.78 is 33.1. The SMILES string of the molecule is CCCNCCCN(C)S(=O)(=O)NC(CC)COC. The lowest BCUT2D eigenvalue weighted by Crippen LogP contribution is -2.45. The topological polar surface area (TPSA) is 70.7 Å². The molecule has 0 heterocycles. The van der Waals surface area contributed by atoms with E-state index >= 15 is 0 Å². The fourth-order valence-electron chi connectivity index (χ4n) is 1.59. The summed E-state index contributed by atoms with van der Waals surface area (Å²) in [4.78, 5) is 0. The van der Waals surface area contributed by atoms with Gasteiger partial charge in [0.25, 0.3) is 10.2 Å². The van der Waals surface area contributed by atoms with Crippen LogP contribution in [0, 0.1) is 0 Å². The predicted octanol–water partition coefficient (Wildman–Crippen LogP) is 0.567. The van der Waals surface area contributed by atoms with Gasteiger partial charge < -0.3 is 10.1 Å². The third kappa shape index (κ3) is 8.54. The molecule has 2 N–H and O–H groups in total. The van der Waals surface area contributed by atoms with Gasteiger partial charge in [0.2, 0.25) is 0 Å². The summed E-state index contributed by atoms with van der Waals surface area (Å²) in [7, 11) is -0.243. The number of rotatable bonds is 12. The van der Waals surface area contributed by atoms with Crippen molar-refractivity contribution in [2.45, 2.75) is 39.2 Å². The van der Waals surface area contributed by atoms with Gasteiger partial charge in [-0.05, 0) is 32.4 Å². The molecule has 0 fully saturated rings. The summed E-state index contributed by atoms with van der Waals surface area (Å²) in [5.74, 6) is 0. The van der Waals surface area contributed by atoms with E-state index in [1.54, 1.807) is 14.2 Å². The van der Waals surface area contributed by atoms with Gasteiger partial charge in [-0.3, -0.25) is 0 Å². The lowest BCUT2D eigenvalue weighted by Gasteiger charge is -2.22. The van der Waals surface area contributed by atoms with Gasteiger partial charge >= 0.3 is 0 Å². The van der Waals surface area contributed by atoms with E-state index in [9.17, 15) is 8.42 Å². The average molecular weight is 295 g/mol. The maximum Gasteiger partial charge on any atom is 0.279 e. The molecule has 0 saturated heterocycles. The van der Waals surface area contributed by atoms with E-state index < -0.39 is 10.2 Å². The molecule has 0 aliphatic carbocycles. The number of hydrogen-bond acceptors (Lipinski definition) is 4. The van der Waals surface area contributed by atoms with Crippen LogP contribution in [0.25, 0.3) is 0 Å². The zero-order valence-corrected chi connectivity index (χ0v) is 13.4. The Hall–Kier alpha value is -0.210. The molecule has 0 spiro atoms. The van der Waals surface area contributed by atoms with Crippen LogP contribution in [-0.2, 0) is 14.9 Å². The summed E-state index contributed by atoms with van der Waals surface area (Å²) in [5.41, 5.74) is 0. The fourth-order valence-corrected chi connectivity index (χ4v) is 2.79. The van der Waals surface area contributed by atoms with Gasteiger partial charge in [0.05, 0.1) is 6.61 Å². The number of nitrogens with zero attached hydrogens (tertiary/aromatic N) is 1. The van der Waals surface area contributed by atoms with Crippen LogP contribution in [0.5, 0.6) is 0 Å². The Morgan fingerprint density at radius 2 is 1.95 bits per heavy atom. The highest BCUT2D eigenvalue weighted by molar-refractivity contribution is 7.87. The summed E-state index contributed by atoms with van der Waals surface area (Å²) in [6, 6.07) is -0.171. The lowest BCUT2D eigenvalue weighted by atomic mass is 10.3. The molecule has 0 aromatic heterocycles. The van der Waals surface area contributed by atoms with Gasteiger partial charge in [-0.25, -0.2) is 0 Å². The van der Waals surface area contributed by atoms with E-state index in [0.717, 1.165) is 25.9 Å². The Labute approximate surface area is 118 Å². The second-order valence-corrected chi connectivity index (χ2v) is 6.42. The van der Waals surface area contributed by atoms with Gasteiger partial charge in [-0.2, -0.15) is 17.4 Å². The molecule has 0 saturated carbocycles. The van der Waals surface area contributed by atoms with Gasteiger partial charge in [-0.15, -0.1) is 0 Å². The third-order valence-electron chi connectivity index (χ3n) is 2.84. The van der Waals surface area contributed by atoms with Crippen molar-refractivity contribution < 1.29 is 13.2 Å². The van der Waals surface area contributed by atoms with E-state index in [0.29, 0.717) is 19.6 Å². The first-order valence-electron chi connectivity index (χ1n) is 6.91. The maximum atomic E-state index is 12.0. The van der Waals surface area contributed by atoms with Gasteiger partial charge in [0.15, 0.2) is 0 Å². The molecule has 0 radical (unpaired) electrons. The van der Waals surface area contributed by atoms with E-state index in [4.69, 9.17) is 4.74 Å². The van der Waals surface area contributed by atoms with Crippen LogP contribution in [0.4, 0.5) is 0 Å². The smallest absolute Gasteiger partial charge is 0.279 e. The Kier molecular flexibility index (Phi) is 10.4. The minimum absolute atomic E-state index is 0.171. The van der Waals surface area contributed by atoms with Crippen molar-refractivity contribution in [3.8, 4) is 0 Å². The Balaban J connectivity index is 4.09. The highest BCUT2D eigenvalue weighted by Gasteiger charge is 2.20. The van der Waals surface area contributed by atoms with Crippen LogP contribution < -0.4 is 10.0 Å². The monoisotopic (exact) mass is 295 g/mol. The van der Waals surface area contributed by atoms with Crippen LogP contribution in [-0.4, -0.2) is 59.2 Å². The number of hydrogen-bond donors (Lipinski definition) is 2. The molecule has 0 aliphatic heterocycles. The minimum Gasteiger partial charge on any atom is -0.383 e. The normalized spacial score (nSPS) is 13.9. The van der Waals surface area contributed by atoms with Crippen molar-refractivity contribution in [3.63, 3.8) is 0 Å². The van der Waals surface area contributed by atoms with Crippen LogP contribution in [0.2, 0.25) is 0 Å². The molecular formula is C12H29N3O3S. The van der Waals surface area contributed by atoms with Crippen LogP contribution in [0.15, 0.2) is 0 Å². The number of ether oxygens (including phenoxy) is 1. The number of nitrogens with one attached hydrogen (secondary N) is 2. The van der Waals surface area contributed by atoms with Gasteiger partial charge in [-0.1, -0.05) is 13.8 Å². The summed E-state index contributed by atoms with van der Waals surface area (Å²) in [5, 5.41) is 3.25. The Morgan fingerprint density at radius 3 is 2.47 bits per heavy atom. The van der Waals surface area contributed by atoms with E-state index in [1.165, 1.54) is 4.31 Å². The highest BCUT2D eigenvalue weighted by Crippen LogP contribution is 2.00. The number of methoxy groups -OCH3 is 1. The van der Waals surface area contributed by atoms with Gasteiger partial charge in [0.1, 0.15) is 0 Å². The summed E-state index contributed by atoms with van der Waals surface area (Å²) in [6.07, 6.45) is 2.60. The van der Waals surface area contributed by atoms with Crippen molar-refractivity contribution in [1.29, 1.82) is 0 Å². The van der Waals surface area contributed by atoms with Crippen molar-refractivity contribution in [3.05, 3.63) is 0 Å². The third-order valence-corrected chi connectivity index (χ3v) is 4.47. The summed E-state index contributed by atoms with van der Waals surface area (Å²) in [6.45, 7) is 6.75. The first kappa shape index (κ1) is 18.8. The quantitative estimate of drug-likeness (QED) is 0.516. The zero-order valence-electron chi connectivity index (χ0n) is 12.6. The molecule has 0 bridgehead atoms. The fraction of sp³-hybridized carbons (Fsp3) is 1.00. The molecule has 0 aromatic rings. The molecule has 6 nitrogen and oxygen atoms in total. The first-order valence-corrected chi connectivity index (χ1v) is 8.35. The Morgan fingerprint density at radius 1 is 1.26 bits per heavy atom. The van der Waals surface area contributed by atoms with Crippen molar-refractivity contribution in [2.24, 2.45) is 0 Å². The molecule has 0 aliphatic rings. The van der Waals surface area contributed by atoms with Crippen LogP contribution >= 0.6 is 0 Å². The lowest BCUT2D eigenvalue weighted by molar-refractivity contribution is 0.172. The molecule has 116 valence electrons. The second-order valence-electron chi connectivity index (χ2n) is 4.61. The van der Waals surface area contributed by atoms with Gasteiger partial charge in [0, 0.05) is 26.7 Å². The van der Waals surface area contributed by atoms with Crippen LogP contribution in [0.1, 0.15) is 33.1 Å². The first-order chi connectivity index (χ1) is 8.97. The molecule has 1 unspecified atom stereocenters. The van der Waals surface area contributed by atoms with E-state index in [1.807, 2.05) is 6.92 Å². The molecule has 7 heteroatoms. The molecule has 19 heavy (non-hydrogen) atoms. The summed E-state index contributed by atoms with van der Waals surface area (Å²) >= 11 is 0. The largest absolute Gasteiger partial charge is 0.383 e. The molecule has 1 atom stereocenters. The minimum atomic E-state index is -3.41. The zero-order chi connectivity index (χ0) is 14.7. The maximum absolute atomic E-state index is 12.0. The Bertz CT molecular complexity index is 309. The predicted molar refractivity (Wildman–Crippen MR) is 78.4 cm³/mol. The average Bonchev–Trinajstić information content (AvgIpc) is 2.37. The highest BCUT2D eigenvalue weighted by atomic mass is 32.2. The van der Waals surface area contributed by atoms with Crippen molar-refractivity contribution in [2.75, 3.05) is 40.4 Å². The van der Waals surface area contributed by atoms with E-state index in [2.05, 4.69) is 17.0 Å². The molecular weight excluding hydrogens is 266 g/mol. The second kappa shape index (κ2) is 10.6. The molecule has 0 rings (SSSR count). The van der Waals surface area contributed by atoms with Crippen molar-refractivity contribution in [1.82, 2.24) is 14.3 Å². The van der Waals surface area contributed by atoms with Crippen LogP contribution in [0.3, 0.4) is 0 Å². The van der Waals surface area contributed by atoms with E-state index in [-0.39, 0.29) is 6.04 Å². The molecule has 0 amide bonds.